The molecule has 0 fully saturated rings. The van der Waals surface area contributed by atoms with Crippen LogP contribution in [0.2, 0.25) is 0 Å². The van der Waals surface area contributed by atoms with E-state index in [4.69, 9.17) is 4.74 Å². The highest BCUT2D eigenvalue weighted by molar-refractivity contribution is 5.77. The lowest BCUT2D eigenvalue weighted by Gasteiger charge is -2.10. The highest BCUT2D eigenvalue weighted by atomic mass is 19.4. The molecule has 0 bridgehead atoms. The number of H-pyrrole nitrogens is 1. The largest absolute Gasteiger partial charge is 0.481 e. The van der Waals surface area contributed by atoms with Crippen molar-refractivity contribution in [2.45, 2.75) is 6.18 Å². The molecule has 21 heavy (non-hydrogen) atoms. The molecule has 0 aliphatic rings. The van der Waals surface area contributed by atoms with E-state index in [1.807, 2.05) is 0 Å². The number of alkyl halides is 3. The van der Waals surface area contributed by atoms with Crippen LogP contribution in [0.15, 0.2) is 36.4 Å². The zero-order valence-electron chi connectivity index (χ0n) is 10.9. The van der Waals surface area contributed by atoms with E-state index < -0.39 is 11.7 Å². The molecule has 1 N–H and O–H groups in total. The number of nitrogens with zero attached hydrogens (tertiary/aromatic N) is 2. The van der Waals surface area contributed by atoms with Crippen molar-refractivity contribution in [1.82, 2.24) is 15.0 Å². The molecular weight excluding hydrogens is 283 g/mol. The lowest BCUT2D eigenvalue weighted by atomic mass is 10.1. The highest BCUT2D eigenvalue weighted by Crippen LogP contribution is 2.36. The van der Waals surface area contributed by atoms with Crippen molar-refractivity contribution >= 4 is 11.2 Å². The summed E-state index contributed by atoms with van der Waals surface area (Å²) < 4.78 is 44.1. The first-order valence-electron chi connectivity index (χ1n) is 6.06. The summed E-state index contributed by atoms with van der Waals surface area (Å²) in [6, 6.07) is 8.55. The van der Waals surface area contributed by atoms with Gasteiger partial charge in [-0.05, 0) is 12.1 Å². The molecule has 2 heterocycles. The van der Waals surface area contributed by atoms with E-state index in [1.165, 1.54) is 25.3 Å². The quantitative estimate of drug-likeness (QED) is 0.784. The minimum absolute atomic E-state index is 0.0121. The monoisotopic (exact) mass is 293 g/mol. The molecule has 0 aliphatic heterocycles. The van der Waals surface area contributed by atoms with E-state index in [1.54, 1.807) is 12.1 Å². The third-order valence-electron chi connectivity index (χ3n) is 3.02. The second-order valence-corrected chi connectivity index (χ2v) is 4.35. The number of methoxy groups -OCH3 is 1. The number of benzene rings is 1. The average Bonchev–Trinajstić information content (AvgIpc) is 2.89. The Kier molecular flexibility index (Phi) is 3.04. The lowest BCUT2D eigenvalue weighted by molar-refractivity contribution is -0.137. The van der Waals surface area contributed by atoms with Gasteiger partial charge in [0.25, 0.3) is 0 Å². The molecule has 4 nitrogen and oxygen atoms in total. The summed E-state index contributed by atoms with van der Waals surface area (Å²) in [6.45, 7) is 0. The molecule has 3 aromatic rings. The Bertz CT molecular complexity index is 796. The van der Waals surface area contributed by atoms with E-state index in [0.717, 1.165) is 6.07 Å². The van der Waals surface area contributed by atoms with Gasteiger partial charge in [-0.3, -0.25) is 0 Å². The molecular formula is C14H10F3N3O. The fourth-order valence-corrected chi connectivity index (χ4v) is 2.05. The molecule has 7 heteroatoms. The van der Waals surface area contributed by atoms with Crippen LogP contribution in [0, 0.1) is 0 Å². The number of aromatic amines is 1. The molecule has 0 radical (unpaired) electrons. The first-order chi connectivity index (χ1) is 9.99. The van der Waals surface area contributed by atoms with Gasteiger partial charge in [0.1, 0.15) is 5.82 Å². The number of hydrogen-bond donors (Lipinski definition) is 1. The minimum atomic E-state index is -4.44. The van der Waals surface area contributed by atoms with Gasteiger partial charge in [-0.15, -0.1) is 0 Å². The minimum Gasteiger partial charge on any atom is -0.481 e. The van der Waals surface area contributed by atoms with Crippen LogP contribution in [0.4, 0.5) is 13.2 Å². The van der Waals surface area contributed by atoms with Gasteiger partial charge in [0.15, 0.2) is 5.65 Å². The van der Waals surface area contributed by atoms with E-state index in [9.17, 15) is 13.2 Å². The van der Waals surface area contributed by atoms with Crippen molar-refractivity contribution in [3.63, 3.8) is 0 Å². The number of ether oxygens (including phenoxy) is 1. The Balaban J connectivity index is 2.17. The fourth-order valence-electron chi connectivity index (χ4n) is 2.05. The second-order valence-electron chi connectivity index (χ2n) is 4.35. The van der Waals surface area contributed by atoms with Crippen molar-refractivity contribution in [1.29, 1.82) is 0 Å². The van der Waals surface area contributed by atoms with Gasteiger partial charge in [0.05, 0.1) is 18.2 Å². The predicted molar refractivity (Wildman–Crippen MR) is 70.9 cm³/mol. The van der Waals surface area contributed by atoms with Crippen molar-refractivity contribution in [3.05, 3.63) is 42.0 Å². The third-order valence-corrected chi connectivity index (χ3v) is 3.02. The maximum absolute atomic E-state index is 13.0. The van der Waals surface area contributed by atoms with Crippen LogP contribution in [-0.2, 0) is 6.18 Å². The first-order valence-corrected chi connectivity index (χ1v) is 6.06. The highest BCUT2D eigenvalue weighted by Gasteiger charge is 2.34. The number of aromatic nitrogens is 3. The molecule has 3 rings (SSSR count). The fraction of sp³-hybridized carbons (Fsp3) is 0.143. The molecule has 0 unspecified atom stereocenters. The summed E-state index contributed by atoms with van der Waals surface area (Å²) in [5.41, 5.74) is 0.0992. The normalized spacial score (nSPS) is 11.8. The molecule has 0 spiro atoms. The average molecular weight is 293 g/mol. The zero-order chi connectivity index (χ0) is 15.0. The standard InChI is InChI=1S/C14H10F3N3O/c1-21-11-7-6-10-13(19-11)20-12(18-10)8-4-2-3-5-9(8)14(15,16)17/h2-7H,1H3,(H,18,19,20). The number of fused-ring (bicyclic) bond motifs is 1. The van der Waals surface area contributed by atoms with Crippen LogP contribution in [-0.4, -0.2) is 22.1 Å². The van der Waals surface area contributed by atoms with Gasteiger partial charge in [0.2, 0.25) is 5.88 Å². The molecule has 0 aliphatic carbocycles. The third kappa shape index (κ3) is 2.42. The smallest absolute Gasteiger partial charge is 0.417 e. The summed E-state index contributed by atoms with van der Waals surface area (Å²) in [5, 5.41) is 0. The number of pyridine rings is 1. The molecule has 0 atom stereocenters. The van der Waals surface area contributed by atoms with Crippen molar-refractivity contribution < 1.29 is 17.9 Å². The first kappa shape index (κ1) is 13.4. The van der Waals surface area contributed by atoms with E-state index in [-0.39, 0.29) is 11.4 Å². The SMILES string of the molecule is COc1ccc2[nH]c(-c3ccccc3C(F)(F)F)nc2n1. The van der Waals surface area contributed by atoms with Crippen LogP contribution in [0.1, 0.15) is 5.56 Å². The van der Waals surface area contributed by atoms with Crippen LogP contribution < -0.4 is 4.74 Å². The van der Waals surface area contributed by atoms with Crippen LogP contribution in [0.3, 0.4) is 0 Å². The summed E-state index contributed by atoms with van der Waals surface area (Å²) >= 11 is 0. The van der Waals surface area contributed by atoms with Gasteiger partial charge < -0.3 is 9.72 Å². The van der Waals surface area contributed by atoms with Crippen molar-refractivity contribution in [2.75, 3.05) is 7.11 Å². The second kappa shape index (κ2) is 4.76. The van der Waals surface area contributed by atoms with E-state index >= 15 is 0 Å². The maximum Gasteiger partial charge on any atom is 0.417 e. The number of hydrogen-bond acceptors (Lipinski definition) is 3. The van der Waals surface area contributed by atoms with Crippen molar-refractivity contribution in [3.8, 4) is 17.3 Å². The van der Waals surface area contributed by atoms with Gasteiger partial charge in [-0.25, -0.2) is 4.98 Å². The molecule has 0 saturated heterocycles. The van der Waals surface area contributed by atoms with Gasteiger partial charge in [0, 0.05) is 11.6 Å². The van der Waals surface area contributed by atoms with E-state index in [0.29, 0.717) is 17.0 Å². The predicted octanol–water partition coefficient (Wildman–Crippen LogP) is 3.65. The summed E-state index contributed by atoms with van der Waals surface area (Å²) in [7, 11) is 1.46. The van der Waals surface area contributed by atoms with E-state index in [2.05, 4.69) is 15.0 Å². The summed E-state index contributed by atoms with van der Waals surface area (Å²) in [6.07, 6.45) is -4.44. The number of halogens is 3. The molecule has 108 valence electrons. The number of nitrogens with one attached hydrogen (secondary N) is 1. The molecule has 0 saturated carbocycles. The molecule has 0 amide bonds. The van der Waals surface area contributed by atoms with Gasteiger partial charge in [-0.1, -0.05) is 18.2 Å². The molecule has 2 aromatic heterocycles. The van der Waals surface area contributed by atoms with Crippen LogP contribution in [0.25, 0.3) is 22.6 Å². The topological polar surface area (TPSA) is 50.8 Å². The summed E-state index contributed by atoms with van der Waals surface area (Å²) in [4.78, 5) is 11.1. The Morgan fingerprint density at radius 1 is 1.05 bits per heavy atom. The molecule has 1 aromatic carbocycles. The lowest BCUT2D eigenvalue weighted by Crippen LogP contribution is -2.07. The van der Waals surface area contributed by atoms with Crippen LogP contribution in [0.5, 0.6) is 5.88 Å². The van der Waals surface area contributed by atoms with Crippen LogP contribution >= 0.6 is 0 Å². The Morgan fingerprint density at radius 3 is 2.52 bits per heavy atom. The Hall–Kier alpha value is -2.57. The zero-order valence-corrected chi connectivity index (χ0v) is 10.9. The van der Waals surface area contributed by atoms with Gasteiger partial charge in [-0.2, -0.15) is 18.2 Å². The number of imidazole rings is 1. The summed E-state index contributed by atoms with van der Waals surface area (Å²) in [5.74, 6) is 0.475. The Labute approximate surface area is 117 Å². The van der Waals surface area contributed by atoms with Gasteiger partial charge >= 0.3 is 6.18 Å². The maximum atomic E-state index is 13.0. The van der Waals surface area contributed by atoms with Crippen molar-refractivity contribution in [2.24, 2.45) is 0 Å². The number of rotatable bonds is 2. The Morgan fingerprint density at radius 2 is 1.81 bits per heavy atom.